The van der Waals surface area contributed by atoms with Crippen LogP contribution in [0.5, 0.6) is 5.75 Å². The van der Waals surface area contributed by atoms with Gasteiger partial charge in [-0.15, -0.1) is 0 Å². The molecule has 164 valence electrons. The zero-order valence-corrected chi connectivity index (χ0v) is 17.0. The van der Waals surface area contributed by atoms with Crippen molar-refractivity contribution in [3.05, 3.63) is 64.0 Å². The number of halogens is 1. The van der Waals surface area contributed by atoms with Gasteiger partial charge < -0.3 is 15.0 Å². The van der Waals surface area contributed by atoms with Gasteiger partial charge in [-0.1, -0.05) is 0 Å². The minimum atomic E-state index is -0.469. The molecule has 0 aliphatic carbocycles. The van der Waals surface area contributed by atoms with Crippen molar-refractivity contribution in [3.63, 3.8) is 0 Å². The molecule has 2 aromatic carbocycles. The standard InChI is InChI=1S/C21H23FN4O5/c1-15-12-18(6-7-19(15)26(29)30)31-14-21(28)25-10-8-24(9-11-25)13-20(27)23-17-4-2-16(22)3-5-17/h2-7,12H,8-11,13-14H2,1H3,(H,23,27). The number of nitrogens with zero attached hydrogens (tertiary/aromatic N) is 3. The lowest BCUT2D eigenvalue weighted by atomic mass is 10.2. The second-order valence-corrected chi connectivity index (χ2v) is 7.21. The van der Waals surface area contributed by atoms with Crippen molar-refractivity contribution in [2.45, 2.75) is 6.92 Å². The molecule has 2 aromatic rings. The van der Waals surface area contributed by atoms with Gasteiger partial charge in [0.2, 0.25) is 5.91 Å². The Bertz CT molecular complexity index is 959. The number of benzene rings is 2. The van der Waals surface area contributed by atoms with Gasteiger partial charge in [0.25, 0.3) is 11.6 Å². The van der Waals surface area contributed by atoms with Gasteiger partial charge in [-0.2, -0.15) is 0 Å². The summed E-state index contributed by atoms with van der Waals surface area (Å²) in [6.07, 6.45) is 0. The van der Waals surface area contributed by atoms with E-state index < -0.39 is 4.92 Å². The Hall–Kier alpha value is -3.53. The van der Waals surface area contributed by atoms with Gasteiger partial charge in [0, 0.05) is 43.5 Å². The molecule has 0 bridgehead atoms. The second kappa shape index (κ2) is 9.98. The monoisotopic (exact) mass is 430 g/mol. The minimum Gasteiger partial charge on any atom is -0.484 e. The lowest BCUT2D eigenvalue weighted by molar-refractivity contribution is -0.385. The lowest BCUT2D eigenvalue weighted by Gasteiger charge is -2.34. The van der Waals surface area contributed by atoms with Crippen LogP contribution in [0.1, 0.15) is 5.56 Å². The van der Waals surface area contributed by atoms with Crippen molar-refractivity contribution < 1.29 is 23.6 Å². The molecule has 2 amide bonds. The van der Waals surface area contributed by atoms with Crippen molar-refractivity contribution in [1.29, 1.82) is 0 Å². The first kappa shape index (κ1) is 22.2. The van der Waals surface area contributed by atoms with Crippen LogP contribution in [0.15, 0.2) is 42.5 Å². The highest BCUT2D eigenvalue weighted by Gasteiger charge is 2.23. The average Bonchev–Trinajstić information content (AvgIpc) is 2.74. The van der Waals surface area contributed by atoms with Crippen LogP contribution < -0.4 is 10.1 Å². The van der Waals surface area contributed by atoms with Gasteiger partial charge in [-0.25, -0.2) is 4.39 Å². The summed E-state index contributed by atoms with van der Waals surface area (Å²) >= 11 is 0. The van der Waals surface area contributed by atoms with Crippen LogP contribution in [-0.2, 0) is 9.59 Å². The highest BCUT2D eigenvalue weighted by molar-refractivity contribution is 5.92. The molecule has 0 atom stereocenters. The van der Waals surface area contributed by atoms with Gasteiger partial charge in [-0.05, 0) is 43.3 Å². The molecule has 10 heteroatoms. The summed E-state index contributed by atoms with van der Waals surface area (Å²) in [7, 11) is 0. The Morgan fingerprint density at radius 3 is 2.42 bits per heavy atom. The molecule has 0 radical (unpaired) electrons. The molecule has 0 unspecified atom stereocenters. The molecule has 9 nitrogen and oxygen atoms in total. The molecule has 1 aliphatic heterocycles. The molecule has 0 saturated carbocycles. The van der Waals surface area contributed by atoms with E-state index in [4.69, 9.17) is 4.74 Å². The summed E-state index contributed by atoms with van der Waals surface area (Å²) in [5.74, 6) is -0.367. The maximum Gasteiger partial charge on any atom is 0.272 e. The number of carbonyl (C=O) groups is 2. The number of nitro benzene ring substituents is 1. The van der Waals surface area contributed by atoms with Crippen LogP contribution in [0.4, 0.5) is 15.8 Å². The number of anilines is 1. The predicted octanol–water partition coefficient (Wildman–Crippen LogP) is 2.20. The summed E-state index contributed by atoms with van der Waals surface area (Å²) in [4.78, 5) is 38.5. The van der Waals surface area contributed by atoms with Crippen molar-refractivity contribution >= 4 is 23.2 Å². The molecule has 1 saturated heterocycles. The van der Waals surface area contributed by atoms with Crippen molar-refractivity contribution in [2.24, 2.45) is 0 Å². The first-order chi connectivity index (χ1) is 14.8. The van der Waals surface area contributed by atoms with Crippen molar-refractivity contribution in [3.8, 4) is 5.75 Å². The predicted molar refractivity (Wildman–Crippen MR) is 111 cm³/mol. The van der Waals surface area contributed by atoms with Gasteiger partial charge in [0.15, 0.2) is 6.61 Å². The number of hydrogen-bond donors (Lipinski definition) is 1. The van der Waals surface area contributed by atoms with Crippen molar-refractivity contribution in [1.82, 2.24) is 9.80 Å². The summed E-state index contributed by atoms with van der Waals surface area (Å²) in [5.41, 5.74) is 0.986. The second-order valence-electron chi connectivity index (χ2n) is 7.21. The molecule has 1 aliphatic rings. The SMILES string of the molecule is Cc1cc(OCC(=O)N2CCN(CC(=O)Nc3ccc(F)cc3)CC2)ccc1[N+](=O)[O-]. The zero-order valence-electron chi connectivity index (χ0n) is 17.0. The van der Waals surface area contributed by atoms with Gasteiger partial charge >= 0.3 is 0 Å². The molecule has 0 spiro atoms. The average molecular weight is 430 g/mol. The fourth-order valence-electron chi connectivity index (χ4n) is 3.25. The summed E-state index contributed by atoms with van der Waals surface area (Å²) in [6, 6.07) is 9.90. The Labute approximate surface area is 178 Å². The number of nitrogens with one attached hydrogen (secondary N) is 1. The minimum absolute atomic E-state index is 0.00161. The maximum atomic E-state index is 12.9. The Kier molecular flexibility index (Phi) is 7.14. The van der Waals surface area contributed by atoms with E-state index in [9.17, 15) is 24.1 Å². The van der Waals surface area contributed by atoms with Gasteiger partial charge in [-0.3, -0.25) is 24.6 Å². The van der Waals surface area contributed by atoms with Crippen LogP contribution in [-0.4, -0.2) is 65.9 Å². The summed E-state index contributed by atoms with van der Waals surface area (Å²) in [6.45, 7) is 3.63. The first-order valence-corrected chi connectivity index (χ1v) is 9.75. The zero-order chi connectivity index (χ0) is 22.4. The first-order valence-electron chi connectivity index (χ1n) is 9.75. The van der Waals surface area contributed by atoms with Crippen LogP contribution in [0.25, 0.3) is 0 Å². The molecule has 1 N–H and O–H groups in total. The van der Waals surface area contributed by atoms with Crippen LogP contribution in [0.2, 0.25) is 0 Å². The third-order valence-electron chi connectivity index (χ3n) is 4.95. The maximum absolute atomic E-state index is 12.9. The normalized spacial score (nSPS) is 14.2. The quantitative estimate of drug-likeness (QED) is 0.533. The number of rotatable bonds is 7. The number of piperazine rings is 1. The van der Waals surface area contributed by atoms with Crippen molar-refractivity contribution in [2.75, 3.05) is 44.6 Å². The third kappa shape index (κ3) is 6.22. The van der Waals surface area contributed by atoms with E-state index in [0.29, 0.717) is 43.2 Å². The van der Waals surface area contributed by atoms with E-state index in [0.717, 1.165) is 0 Å². The Morgan fingerprint density at radius 1 is 1.13 bits per heavy atom. The van der Waals surface area contributed by atoms with Crippen LogP contribution in [0.3, 0.4) is 0 Å². The van der Waals surface area contributed by atoms with Gasteiger partial charge in [0.1, 0.15) is 11.6 Å². The van der Waals surface area contributed by atoms with Gasteiger partial charge in [0.05, 0.1) is 11.5 Å². The fourth-order valence-corrected chi connectivity index (χ4v) is 3.25. The van der Waals surface area contributed by atoms with Crippen LogP contribution in [0, 0.1) is 22.9 Å². The molecule has 1 heterocycles. The number of ether oxygens (including phenoxy) is 1. The number of nitro groups is 1. The van der Waals surface area contributed by atoms with E-state index in [-0.39, 0.29) is 36.5 Å². The van der Waals surface area contributed by atoms with E-state index >= 15 is 0 Å². The van der Waals surface area contributed by atoms with E-state index in [2.05, 4.69) is 5.32 Å². The van der Waals surface area contributed by atoms with Crippen LogP contribution >= 0.6 is 0 Å². The third-order valence-corrected chi connectivity index (χ3v) is 4.95. The largest absolute Gasteiger partial charge is 0.484 e. The fraction of sp³-hybridized carbons (Fsp3) is 0.333. The molecule has 1 fully saturated rings. The highest BCUT2D eigenvalue weighted by Crippen LogP contribution is 2.23. The molecular formula is C21H23FN4O5. The molecule has 31 heavy (non-hydrogen) atoms. The van der Waals surface area contributed by atoms with E-state index in [1.54, 1.807) is 11.8 Å². The van der Waals surface area contributed by atoms with E-state index in [1.807, 2.05) is 4.90 Å². The number of aryl methyl sites for hydroxylation is 1. The molecular weight excluding hydrogens is 407 g/mol. The van der Waals surface area contributed by atoms with E-state index in [1.165, 1.54) is 42.5 Å². The highest BCUT2D eigenvalue weighted by atomic mass is 19.1. The number of hydrogen-bond acceptors (Lipinski definition) is 6. The number of carbonyl (C=O) groups excluding carboxylic acids is 2. The molecule has 3 rings (SSSR count). The lowest BCUT2D eigenvalue weighted by Crippen LogP contribution is -2.51. The molecule has 0 aromatic heterocycles. The summed E-state index contributed by atoms with van der Waals surface area (Å²) < 4.78 is 18.4. The Balaban J connectivity index is 1.41. The smallest absolute Gasteiger partial charge is 0.272 e. The topological polar surface area (TPSA) is 105 Å². The number of amides is 2. The Morgan fingerprint density at radius 2 is 1.81 bits per heavy atom. The summed E-state index contributed by atoms with van der Waals surface area (Å²) in [5, 5.41) is 13.6.